The van der Waals surface area contributed by atoms with Crippen molar-refractivity contribution in [3.05, 3.63) is 0 Å². The highest BCUT2D eigenvalue weighted by atomic mass is 16.2. The van der Waals surface area contributed by atoms with Crippen LogP contribution in [0.5, 0.6) is 0 Å². The molecule has 0 aromatic heterocycles. The molecule has 2 N–H and O–H groups in total. The molecule has 0 radical (unpaired) electrons. The van der Waals surface area contributed by atoms with E-state index in [0.717, 1.165) is 45.1 Å². The second-order valence-electron chi connectivity index (χ2n) is 8.25. The van der Waals surface area contributed by atoms with Crippen molar-refractivity contribution in [1.29, 1.82) is 0 Å². The standard InChI is InChI=1S/C18H33N3O2/c1-13-9-8-12-21(13)16(22)15(14-10-6-5-7-11-14)19-17(23)20-18(2,3)4/h13-15H,5-12H2,1-4H3,(H2,19,20,23). The summed E-state index contributed by atoms with van der Waals surface area (Å²) in [5.41, 5.74) is -0.300. The number of likely N-dealkylation sites (tertiary alicyclic amines) is 1. The molecule has 0 aromatic rings. The SMILES string of the molecule is CC1CCCN1C(=O)C(NC(=O)NC(C)(C)C)C1CCCCC1. The minimum Gasteiger partial charge on any atom is -0.338 e. The lowest BCUT2D eigenvalue weighted by atomic mass is 9.83. The highest BCUT2D eigenvalue weighted by Gasteiger charge is 2.37. The molecule has 3 amide bonds. The summed E-state index contributed by atoms with van der Waals surface area (Å²) < 4.78 is 0. The van der Waals surface area contributed by atoms with Crippen LogP contribution in [0.3, 0.4) is 0 Å². The molecule has 1 saturated carbocycles. The molecule has 2 aliphatic rings. The Labute approximate surface area is 140 Å². The third-order valence-electron chi connectivity index (χ3n) is 5.00. The Kier molecular flexibility index (Phi) is 5.93. The van der Waals surface area contributed by atoms with E-state index in [1.165, 1.54) is 6.42 Å². The van der Waals surface area contributed by atoms with Gasteiger partial charge in [-0.1, -0.05) is 19.3 Å². The van der Waals surface area contributed by atoms with Gasteiger partial charge in [0, 0.05) is 18.1 Å². The number of carbonyl (C=O) groups is 2. The summed E-state index contributed by atoms with van der Waals surface area (Å²) in [5.74, 6) is 0.390. The second kappa shape index (κ2) is 7.54. The molecule has 2 unspecified atom stereocenters. The summed E-state index contributed by atoms with van der Waals surface area (Å²) in [4.78, 5) is 27.3. The van der Waals surface area contributed by atoms with E-state index < -0.39 is 0 Å². The van der Waals surface area contributed by atoms with Crippen LogP contribution in [0.2, 0.25) is 0 Å². The molecule has 0 spiro atoms. The number of nitrogens with zero attached hydrogens (tertiary/aromatic N) is 1. The lowest BCUT2D eigenvalue weighted by Gasteiger charge is -2.35. The van der Waals surface area contributed by atoms with Gasteiger partial charge in [0.2, 0.25) is 5.91 Å². The molecule has 5 heteroatoms. The van der Waals surface area contributed by atoms with Gasteiger partial charge in [0.15, 0.2) is 0 Å². The molecule has 0 bridgehead atoms. The zero-order valence-electron chi connectivity index (χ0n) is 15.2. The summed E-state index contributed by atoms with van der Waals surface area (Å²) in [7, 11) is 0. The van der Waals surface area contributed by atoms with Crippen molar-refractivity contribution in [2.75, 3.05) is 6.54 Å². The van der Waals surface area contributed by atoms with Crippen molar-refractivity contribution in [2.24, 2.45) is 5.92 Å². The predicted octanol–water partition coefficient (Wildman–Crippen LogP) is 3.04. The monoisotopic (exact) mass is 323 g/mol. The molecule has 5 nitrogen and oxygen atoms in total. The van der Waals surface area contributed by atoms with Crippen LogP contribution in [0.4, 0.5) is 4.79 Å². The van der Waals surface area contributed by atoms with Gasteiger partial charge in [0.1, 0.15) is 6.04 Å². The van der Waals surface area contributed by atoms with Gasteiger partial charge >= 0.3 is 6.03 Å². The lowest BCUT2D eigenvalue weighted by Crippen LogP contribution is -2.57. The van der Waals surface area contributed by atoms with Crippen molar-refractivity contribution >= 4 is 11.9 Å². The normalized spacial score (nSPS) is 24.3. The van der Waals surface area contributed by atoms with Gasteiger partial charge in [0.05, 0.1) is 0 Å². The quantitative estimate of drug-likeness (QED) is 0.838. The van der Waals surface area contributed by atoms with Gasteiger partial charge in [-0.2, -0.15) is 0 Å². The summed E-state index contributed by atoms with van der Waals surface area (Å²) in [6.07, 6.45) is 7.77. The van der Waals surface area contributed by atoms with Crippen LogP contribution < -0.4 is 10.6 Å². The number of nitrogens with one attached hydrogen (secondary N) is 2. The summed E-state index contributed by atoms with van der Waals surface area (Å²) in [6.45, 7) is 8.79. The zero-order chi connectivity index (χ0) is 17.0. The zero-order valence-corrected chi connectivity index (χ0v) is 15.2. The highest BCUT2D eigenvalue weighted by Crippen LogP contribution is 2.29. The molecule has 1 aliphatic carbocycles. The van der Waals surface area contributed by atoms with E-state index in [2.05, 4.69) is 17.6 Å². The number of carbonyl (C=O) groups excluding carboxylic acids is 2. The molecule has 23 heavy (non-hydrogen) atoms. The van der Waals surface area contributed by atoms with E-state index in [4.69, 9.17) is 0 Å². The maximum atomic E-state index is 13.0. The van der Waals surface area contributed by atoms with E-state index >= 15 is 0 Å². The van der Waals surface area contributed by atoms with E-state index in [9.17, 15) is 9.59 Å². The molecule has 0 aromatic carbocycles. The average Bonchev–Trinajstić information content (AvgIpc) is 2.89. The molecule has 132 valence electrons. The van der Waals surface area contributed by atoms with Crippen LogP contribution in [0, 0.1) is 5.92 Å². The van der Waals surface area contributed by atoms with Gasteiger partial charge in [-0.3, -0.25) is 4.79 Å². The first-order valence-electron chi connectivity index (χ1n) is 9.17. The number of urea groups is 1. The van der Waals surface area contributed by atoms with E-state index in [0.29, 0.717) is 6.04 Å². The van der Waals surface area contributed by atoms with Gasteiger partial charge < -0.3 is 15.5 Å². The molecule has 1 heterocycles. The van der Waals surface area contributed by atoms with Crippen molar-refractivity contribution < 1.29 is 9.59 Å². The Balaban J connectivity index is 2.07. The van der Waals surface area contributed by atoms with Gasteiger partial charge in [-0.05, 0) is 59.3 Å². The molecule has 2 rings (SSSR count). The highest BCUT2D eigenvalue weighted by molar-refractivity contribution is 5.88. The molecule has 1 saturated heterocycles. The van der Waals surface area contributed by atoms with Crippen LogP contribution in [-0.2, 0) is 4.79 Å². The molecule has 2 atom stereocenters. The van der Waals surface area contributed by atoms with Crippen LogP contribution in [0.15, 0.2) is 0 Å². The lowest BCUT2D eigenvalue weighted by molar-refractivity contribution is -0.135. The fourth-order valence-electron chi connectivity index (χ4n) is 3.81. The first-order valence-corrected chi connectivity index (χ1v) is 9.17. The minimum atomic E-state index is -0.377. The number of hydrogen-bond acceptors (Lipinski definition) is 2. The van der Waals surface area contributed by atoms with Crippen LogP contribution >= 0.6 is 0 Å². The Morgan fingerprint density at radius 1 is 1.04 bits per heavy atom. The topological polar surface area (TPSA) is 61.4 Å². The maximum Gasteiger partial charge on any atom is 0.315 e. The Morgan fingerprint density at radius 2 is 1.70 bits per heavy atom. The predicted molar refractivity (Wildman–Crippen MR) is 92.2 cm³/mol. The average molecular weight is 323 g/mol. The third-order valence-corrected chi connectivity index (χ3v) is 5.00. The fraction of sp³-hybridized carbons (Fsp3) is 0.889. The van der Waals surface area contributed by atoms with Crippen LogP contribution in [-0.4, -0.2) is 41.0 Å². The number of rotatable bonds is 3. The smallest absolute Gasteiger partial charge is 0.315 e. The number of hydrogen-bond donors (Lipinski definition) is 2. The van der Waals surface area contributed by atoms with E-state index in [-0.39, 0.29) is 29.4 Å². The second-order valence-corrected chi connectivity index (χ2v) is 8.25. The van der Waals surface area contributed by atoms with Gasteiger partial charge in [-0.15, -0.1) is 0 Å². The molecular weight excluding hydrogens is 290 g/mol. The van der Waals surface area contributed by atoms with Crippen molar-refractivity contribution in [3.63, 3.8) is 0 Å². The van der Waals surface area contributed by atoms with E-state index in [1.807, 2.05) is 25.7 Å². The van der Waals surface area contributed by atoms with Crippen molar-refractivity contribution in [3.8, 4) is 0 Å². The summed E-state index contributed by atoms with van der Waals surface area (Å²) in [6, 6.07) is -0.312. The fourth-order valence-corrected chi connectivity index (χ4v) is 3.81. The maximum absolute atomic E-state index is 13.0. The van der Waals surface area contributed by atoms with Crippen LogP contribution in [0.25, 0.3) is 0 Å². The first kappa shape index (κ1) is 18.1. The van der Waals surface area contributed by atoms with Gasteiger partial charge in [-0.25, -0.2) is 4.79 Å². The Hall–Kier alpha value is -1.26. The van der Waals surface area contributed by atoms with Crippen molar-refractivity contribution in [2.45, 2.75) is 90.3 Å². The third kappa shape index (κ3) is 5.11. The summed E-state index contributed by atoms with van der Waals surface area (Å²) in [5, 5.41) is 5.92. The molecular formula is C18H33N3O2. The first-order chi connectivity index (χ1) is 10.8. The van der Waals surface area contributed by atoms with Crippen LogP contribution in [0.1, 0.15) is 72.6 Å². The minimum absolute atomic E-state index is 0.117. The largest absolute Gasteiger partial charge is 0.338 e. The Bertz CT molecular complexity index is 424. The molecule has 2 fully saturated rings. The van der Waals surface area contributed by atoms with Gasteiger partial charge in [0.25, 0.3) is 0 Å². The van der Waals surface area contributed by atoms with Crippen molar-refractivity contribution in [1.82, 2.24) is 15.5 Å². The molecule has 1 aliphatic heterocycles. The Morgan fingerprint density at radius 3 is 2.22 bits per heavy atom. The van der Waals surface area contributed by atoms with E-state index in [1.54, 1.807) is 0 Å². The number of amides is 3. The summed E-state index contributed by atoms with van der Waals surface area (Å²) >= 11 is 0.